The number of hydrogen-bond donors (Lipinski definition) is 2. The van der Waals surface area contributed by atoms with Crippen molar-refractivity contribution in [3.8, 4) is 5.69 Å². The summed E-state index contributed by atoms with van der Waals surface area (Å²) in [5.74, 6) is 1.23. The second kappa shape index (κ2) is 8.06. The number of fused-ring (bicyclic) bond motifs is 1. The molecular weight excluding hydrogens is 352 g/mol. The molecule has 0 aliphatic heterocycles. The number of aromatic nitrogens is 4. The average molecular weight is 374 g/mol. The summed E-state index contributed by atoms with van der Waals surface area (Å²) in [6, 6.07) is 18.1. The minimum atomic E-state index is 0.525. The Morgan fingerprint density at radius 2 is 1.89 bits per heavy atom. The first kappa shape index (κ1) is 17.9. The van der Waals surface area contributed by atoms with E-state index in [4.69, 9.17) is 4.74 Å². The van der Waals surface area contributed by atoms with Crippen molar-refractivity contribution in [3.63, 3.8) is 0 Å². The normalized spacial score (nSPS) is 10.9. The Labute approximate surface area is 163 Å². The molecule has 2 heterocycles. The summed E-state index contributed by atoms with van der Waals surface area (Å²) in [6.07, 6.45) is 1.79. The highest BCUT2D eigenvalue weighted by Crippen LogP contribution is 2.27. The molecule has 4 rings (SSSR count). The summed E-state index contributed by atoms with van der Waals surface area (Å²) in [5.41, 5.74) is 3.82. The van der Waals surface area contributed by atoms with Crippen LogP contribution in [-0.4, -0.2) is 40.0 Å². The number of benzene rings is 2. The third-order valence-corrected chi connectivity index (χ3v) is 4.30. The number of nitrogens with one attached hydrogen (secondary N) is 2. The minimum Gasteiger partial charge on any atom is -0.383 e. The van der Waals surface area contributed by atoms with Gasteiger partial charge in [0.25, 0.3) is 0 Å². The lowest BCUT2D eigenvalue weighted by Gasteiger charge is -2.11. The van der Waals surface area contributed by atoms with Gasteiger partial charge in [0, 0.05) is 19.3 Å². The van der Waals surface area contributed by atoms with E-state index in [0.717, 1.165) is 22.4 Å². The molecule has 0 saturated carbocycles. The van der Waals surface area contributed by atoms with E-state index in [1.807, 2.05) is 47.1 Å². The van der Waals surface area contributed by atoms with E-state index < -0.39 is 0 Å². The first-order chi connectivity index (χ1) is 13.7. The van der Waals surface area contributed by atoms with Crippen molar-refractivity contribution in [3.05, 3.63) is 66.4 Å². The first-order valence-corrected chi connectivity index (χ1v) is 9.12. The van der Waals surface area contributed by atoms with E-state index >= 15 is 0 Å². The van der Waals surface area contributed by atoms with Gasteiger partial charge in [0.05, 0.1) is 23.9 Å². The van der Waals surface area contributed by atoms with Crippen LogP contribution < -0.4 is 10.6 Å². The van der Waals surface area contributed by atoms with Crippen molar-refractivity contribution in [2.45, 2.75) is 6.92 Å². The van der Waals surface area contributed by atoms with E-state index in [9.17, 15) is 0 Å². The van der Waals surface area contributed by atoms with E-state index in [-0.39, 0.29) is 0 Å². The Bertz CT molecular complexity index is 1080. The minimum absolute atomic E-state index is 0.525. The molecule has 2 aromatic heterocycles. The molecule has 0 bridgehead atoms. The fourth-order valence-corrected chi connectivity index (χ4v) is 2.96. The SMILES string of the molecule is COCCNc1nc(Nc2cccc(C)c2)c2cnn(-c3ccccc3)c2n1. The maximum atomic E-state index is 5.12. The van der Waals surface area contributed by atoms with Crippen molar-refractivity contribution in [2.75, 3.05) is 30.9 Å². The van der Waals surface area contributed by atoms with Gasteiger partial charge in [0.1, 0.15) is 5.82 Å². The lowest BCUT2D eigenvalue weighted by atomic mass is 10.2. The zero-order chi connectivity index (χ0) is 19.3. The molecule has 28 heavy (non-hydrogen) atoms. The second-order valence-corrected chi connectivity index (χ2v) is 6.44. The van der Waals surface area contributed by atoms with Gasteiger partial charge in [-0.25, -0.2) is 4.68 Å². The van der Waals surface area contributed by atoms with Crippen LogP contribution in [0.2, 0.25) is 0 Å². The van der Waals surface area contributed by atoms with Crippen LogP contribution in [-0.2, 0) is 4.74 Å². The quantitative estimate of drug-likeness (QED) is 0.478. The number of methoxy groups -OCH3 is 1. The summed E-state index contributed by atoms with van der Waals surface area (Å²) in [5, 5.41) is 12.0. The Kier molecular flexibility index (Phi) is 5.16. The molecule has 4 aromatic rings. The second-order valence-electron chi connectivity index (χ2n) is 6.44. The van der Waals surface area contributed by atoms with Gasteiger partial charge in [0.2, 0.25) is 5.95 Å². The number of rotatable bonds is 7. The summed E-state index contributed by atoms with van der Waals surface area (Å²) < 4.78 is 6.94. The molecule has 0 unspecified atom stereocenters. The number of ether oxygens (including phenoxy) is 1. The lowest BCUT2D eigenvalue weighted by Crippen LogP contribution is -2.11. The topological polar surface area (TPSA) is 76.9 Å². The van der Waals surface area contributed by atoms with Crippen molar-refractivity contribution in [1.29, 1.82) is 0 Å². The van der Waals surface area contributed by atoms with Gasteiger partial charge in [-0.3, -0.25) is 0 Å². The van der Waals surface area contributed by atoms with Crippen LogP contribution in [0.5, 0.6) is 0 Å². The molecule has 0 aliphatic rings. The zero-order valence-electron chi connectivity index (χ0n) is 15.9. The molecule has 2 N–H and O–H groups in total. The van der Waals surface area contributed by atoms with Crippen LogP contribution in [0.3, 0.4) is 0 Å². The zero-order valence-corrected chi connectivity index (χ0v) is 15.9. The third-order valence-electron chi connectivity index (χ3n) is 4.30. The van der Waals surface area contributed by atoms with Gasteiger partial charge >= 0.3 is 0 Å². The fourth-order valence-electron chi connectivity index (χ4n) is 2.96. The van der Waals surface area contributed by atoms with Crippen LogP contribution in [0.1, 0.15) is 5.56 Å². The highest BCUT2D eigenvalue weighted by atomic mass is 16.5. The molecule has 0 saturated heterocycles. The number of nitrogens with zero attached hydrogens (tertiary/aromatic N) is 4. The van der Waals surface area contributed by atoms with Crippen LogP contribution in [0.15, 0.2) is 60.8 Å². The summed E-state index contributed by atoms with van der Waals surface area (Å²) in [7, 11) is 1.67. The Balaban J connectivity index is 1.79. The van der Waals surface area contributed by atoms with Crippen LogP contribution in [0.25, 0.3) is 16.7 Å². The molecule has 0 spiro atoms. The standard InChI is InChI=1S/C21H22N6O/c1-15-7-6-8-16(13-15)24-19-18-14-23-27(17-9-4-3-5-10-17)20(18)26-21(25-19)22-11-12-28-2/h3-10,13-14H,11-12H2,1-2H3,(H2,22,24,25,26). The largest absolute Gasteiger partial charge is 0.383 e. The van der Waals surface area contributed by atoms with Crippen molar-refractivity contribution < 1.29 is 4.74 Å². The van der Waals surface area contributed by atoms with Gasteiger partial charge in [0.15, 0.2) is 5.65 Å². The molecule has 7 heteroatoms. The van der Waals surface area contributed by atoms with E-state index in [1.165, 1.54) is 5.56 Å². The Morgan fingerprint density at radius 3 is 2.68 bits per heavy atom. The Hall–Kier alpha value is -3.45. The molecule has 0 amide bonds. The van der Waals surface area contributed by atoms with Gasteiger partial charge in [-0.1, -0.05) is 30.3 Å². The summed E-state index contributed by atoms with van der Waals surface area (Å²) >= 11 is 0. The first-order valence-electron chi connectivity index (χ1n) is 9.12. The van der Waals surface area contributed by atoms with Gasteiger partial charge in [-0.15, -0.1) is 0 Å². The van der Waals surface area contributed by atoms with Crippen molar-refractivity contribution in [2.24, 2.45) is 0 Å². The summed E-state index contributed by atoms with van der Waals surface area (Å²) in [6.45, 7) is 3.25. The van der Waals surface area contributed by atoms with E-state index in [2.05, 4.69) is 44.8 Å². The number of para-hydroxylation sites is 1. The molecule has 0 fully saturated rings. The predicted molar refractivity (Wildman–Crippen MR) is 111 cm³/mol. The molecule has 2 aromatic carbocycles. The fraction of sp³-hybridized carbons (Fsp3) is 0.190. The predicted octanol–water partition coefficient (Wildman–Crippen LogP) is 3.93. The highest BCUT2D eigenvalue weighted by Gasteiger charge is 2.14. The monoisotopic (exact) mass is 374 g/mol. The third kappa shape index (κ3) is 3.79. The van der Waals surface area contributed by atoms with E-state index in [1.54, 1.807) is 13.3 Å². The van der Waals surface area contributed by atoms with Gasteiger partial charge < -0.3 is 15.4 Å². The average Bonchev–Trinajstić information content (AvgIpc) is 3.13. The smallest absolute Gasteiger partial charge is 0.226 e. The van der Waals surface area contributed by atoms with Gasteiger partial charge in [-0.2, -0.15) is 15.1 Å². The maximum Gasteiger partial charge on any atom is 0.226 e. The lowest BCUT2D eigenvalue weighted by molar-refractivity contribution is 0.210. The van der Waals surface area contributed by atoms with E-state index in [0.29, 0.717) is 24.9 Å². The molecule has 0 aliphatic carbocycles. The van der Waals surface area contributed by atoms with Crippen molar-refractivity contribution in [1.82, 2.24) is 19.7 Å². The molecule has 142 valence electrons. The number of hydrogen-bond acceptors (Lipinski definition) is 6. The van der Waals surface area contributed by atoms with Crippen LogP contribution in [0.4, 0.5) is 17.5 Å². The van der Waals surface area contributed by atoms with Crippen LogP contribution in [0, 0.1) is 6.92 Å². The molecule has 0 atom stereocenters. The molecule has 7 nitrogen and oxygen atoms in total. The summed E-state index contributed by atoms with van der Waals surface area (Å²) in [4.78, 5) is 9.35. The Morgan fingerprint density at radius 1 is 1.04 bits per heavy atom. The van der Waals surface area contributed by atoms with Gasteiger partial charge in [-0.05, 0) is 36.8 Å². The number of aryl methyl sites for hydroxylation is 1. The van der Waals surface area contributed by atoms with Crippen molar-refractivity contribution >= 4 is 28.5 Å². The molecular formula is C21H22N6O. The number of anilines is 3. The maximum absolute atomic E-state index is 5.12. The van der Waals surface area contributed by atoms with Crippen LogP contribution >= 0.6 is 0 Å². The highest BCUT2D eigenvalue weighted by molar-refractivity contribution is 5.90. The molecule has 0 radical (unpaired) electrons.